The molecule has 1 saturated carbocycles. The molecule has 2 atom stereocenters. The maximum atomic E-state index is 2.67. The van der Waals surface area contributed by atoms with Gasteiger partial charge in [-0.05, 0) is 53.5 Å². The Balaban J connectivity index is 1.97. The lowest BCUT2D eigenvalue weighted by Gasteiger charge is -2.22. The van der Waals surface area contributed by atoms with Crippen LogP contribution in [0.2, 0.25) is 0 Å². The molecule has 104 valence electrons. The predicted octanol–water partition coefficient (Wildman–Crippen LogP) is 6.83. The Morgan fingerprint density at radius 3 is 2.47 bits per heavy atom. The number of hydrogen-bond donors (Lipinski definition) is 0. The number of alkyl halides is 1. The van der Waals surface area contributed by atoms with Crippen LogP contribution < -0.4 is 0 Å². The average molecular weight is 498 g/mol. The quantitative estimate of drug-likeness (QED) is 0.250. The molecule has 0 bridgehead atoms. The standard InChI is InChI=1S/C16H20I2S/c17-15-11-7-2-1-4-8-13(15)12-16(18)19-14-9-5-3-6-10-14/h3,5-6,9-10,12-13,15H,1-2,4,7-8,11H2/b16-12+/t13-,15+/m1/s1. The van der Waals surface area contributed by atoms with Crippen molar-refractivity contribution in [1.29, 1.82) is 0 Å². The Morgan fingerprint density at radius 1 is 1.05 bits per heavy atom. The van der Waals surface area contributed by atoms with Crippen molar-refractivity contribution < 1.29 is 0 Å². The smallest absolute Gasteiger partial charge is 0.0469 e. The largest absolute Gasteiger partial charge is 0.0838 e. The van der Waals surface area contributed by atoms with Crippen LogP contribution in [0.5, 0.6) is 0 Å². The van der Waals surface area contributed by atoms with Gasteiger partial charge in [-0.15, -0.1) is 0 Å². The van der Waals surface area contributed by atoms with Crippen LogP contribution >= 0.6 is 56.9 Å². The van der Waals surface area contributed by atoms with E-state index in [9.17, 15) is 0 Å². The van der Waals surface area contributed by atoms with Gasteiger partial charge in [0.25, 0.3) is 0 Å². The Morgan fingerprint density at radius 2 is 1.74 bits per heavy atom. The predicted molar refractivity (Wildman–Crippen MR) is 103 cm³/mol. The zero-order chi connectivity index (χ0) is 13.5. The highest BCUT2D eigenvalue weighted by Crippen LogP contribution is 2.36. The summed E-state index contributed by atoms with van der Waals surface area (Å²) in [6.45, 7) is 0. The summed E-state index contributed by atoms with van der Waals surface area (Å²) in [7, 11) is 0. The summed E-state index contributed by atoms with van der Waals surface area (Å²) in [6.07, 6.45) is 11.0. The van der Waals surface area contributed by atoms with Crippen LogP contribution in [0.15, 0.2) is 44.2 Å². The molecule has 0 spiro atoms. The van der Waals surface area contributed by atoms with E-state index in [2.05, 4.69) is 81.6 Å². The molecule has 1 aromatic rings. The third-order valence-corrected chi connectivity index (χ3v) is 6.94. The second-order valence-electron chi connectivity index (χ2n) is 5.06. The number of allylic oxidation sites excluding steroid dienone is 1. The van der Waals surface area contributed by atoms with Gasteiger partial charge in [-0.25, -0.2) is 0 Å². The first-order chi connectivity index (χ1) is 9.25. The SMILES string of the molecule is I/C(=C\[C@H]1CCCCCC[C@@H]1I)Sc1ccccc1. The van der Waals surface area contributed by atoms with Crippen LogP contribution in [-0.2, 0) is 0 Å². The number of benzene rings is 1. The highest BCUT2D eigenvalue weighted by Gasteiger charge is 2.18. The van der Waals surface area contributed by atoms with Crippen molar-refractivity contribution >= 4 is 56.9 Å². The maximum Gasteiger partial charge on any atom is 0.0469 e. The molecule has 19 heavy (non-hydrogen) atoms. The van der Waals surface area contributed by atoms with Gasteiger partial charge in [0.2, 0.25) is 0 Å². The molecule has 0 saturated heterocycles. The molecule has 0 aliphatic heterocycles. The highest BCUT2D eigenvalue weighted by molar-refractivity contribution is 14.1. The molecule has 1 aliphatic rings. The van der Waals surface area contributed by atoms with Crippen LogP contribution in [0.25, 0.3) is 0 Å². The van der Waals surface area contributed by atoms with Crippen molar-refractivity contribution in [2.45, 2.75) is 47.3 Å². The first-order valence-electron chi connectivity index (χ1n) is 7.00. The molecular formula is C16H20I2S. The number of hydrogen-bond acceptors (Lipinski definition) is 1. The van der Waals surface area contributed by atoms with Gasteiger partial charge in [-0.2, -0.15) is 0 Å². The minimum Gasteiger partial charge on any atom is -0.0838 e. The Hall–Kier alpha value is 0.770. The van der Waals surface area contributed by atoms with E-state index in [-0.39, 0.29) is 0 Å². The van der Waals surface area contributed by atoms with E-state index in [4.69, 9.17) is 0 Å². The van der Waals surface area contributed by atoms with E-state index < -0.39 is 0 Å². The fraction of sp³-hybridized carbons (Fsp3) is 0.500. The fourth-order valence-corrected chi connectivity index (χ4v) is 5.45. The molecule has 1 aromatic carbocycles. The van der Waals surface area contributed by atoms with Crippen molar-refractivity contribution in [1.82, 2.24) is 0 Å². The summed E-state index contributed by atoms with van der Waals surface area (Å²) in [5, 5.41) is 0. The summed E-state index contributed by atoms with van der Waals surface area (Å²) in [4.78, 5) is 1.35. The zero-order valence-electron chi connectivity index (χ0n) is 11.0. The molecule has 3 heteroatoms. The van der Waals surface area contributed by atoms with Crippen molar-refractivity contribution in [2.75, 3.05) is 0 Å². The third-order valence-electron chi connectivity index (χ3n) is 3.54. The molecule has 0 N–H and O–H groups in total. The molecule has 0 nitrogen and oxygen atoms in total. The Labute approximate surface area is 148 Å². The van der Waals surface area contributed by atoms with E-state index in [0.717, 1.165) is 9.84 Å². The van der Waals surface area contributed by atoms with Crippen molar-refractivity contribution in [3.63, 3.8) is 0 Å². The van der Waals surface area contributed by atoms with E-state index in [0.29, 0.717) is 0 Å². The van der Waals surface area contributed by atoms with Crippen molar-refractivity contribution in [3.05, 3.63) is 39.3 Å². The lowest BCUT2D eigenvalue weighted by atomic mass is 9.91. The summed E-state index contributed by atoms with van der Waals surface area (Å²) >= 11 is 7.06. The Kier molecular flexibility index (Phi) is 7.58. The molecule has 1 aliphatic carbocycles. The highest BCUT2D eigenvalue weighted by atomic mass is 127. The van der Waals surface area contributed by atoms with Crippen LogP contribution in [-0.4, -0.2) is 3.92 Å². The number of thioether (sulfide) groups is 1. The lowest BCUT2D eigenvalue weighted by Crippen LogP contribution is -2.14. The molecule has 0 aromatic heterocycles. The molecule has 0 radical (unpaired) electrons. The van der Waals surface area contributed by atoms with Crippen molar-refractivity contribution in [2.24, 2.45) is 5.92 Å². The fourth-order valence-electron chi connectivity index (χ4n) is 2.46. The van der Waals surface area contributed by atoms with E-state index in [1.165, 1.54) is 46.3 Å². The monoisotopic (exact) mass is 498 g/mol. The normalized spacial score (nSPS) is 25.7. The first-order valence-corrected chi connectivity index (χ1v) is 10.1. The molecule has 2 rings (SSSR count). The van der Waals surface area contributed by atoms with Gasteiger partial charge >= 0.3 is 0 Å². The van der Waals surface area contributed by atoms with Gasteiger partial charge in [0, 0.05) is 11.7 Å². The summed E-state index contributed by atoms with van der Waals surface area (Å²) < 4.78 is 2.25. The van der Waals surface area contributed by atoms with Crippen LogP contribution in [0, 0.1) is 5.92 Å². The summed E-state index contributed by atoms with van der Waals surface area (Å²) in [5.74, 6) is 0.768. The van der Waals surface area contributed by atoms with Gasteiger partial charge in [-0.3, -0.25) is 0 Å². The van der Waals surface area contributed by atoms with E-state index in [1.807, 2.05) is 11.8 Å². The minimum absolute atomic E-state index is 0.768. The molecule has 0 unspecified atom stereocenters. The van der Waals surface area contributed by atoms with Gasteiger partial charge < -0.3 is 0 Å². The maximum absolute atomic E-state index is 2.67. The molecule has 0 heterocycles. The van der Waals surface area contributed by atoms with Gasteiger partial charge in [-0.1, -0.05) is 84.3 Å². The Bertz CT molecular complexity index is 402. The summed E-state index contributed by atoms with van der Waals surface area (Å²) in [5.41, 5.74) is 0. The topological polar surface area (TPSA) is 0 Å². The molecule has 0 amide bonds. The van der Waals surface area contributed by atoms with E-state index in [1.54, 1.807) is 0 Å². The lowest BCUT2D eigenvalue weighted by molar-refractivity contribution is 0.455. The molecular weight excluding hydrogens is 478 g/mol. The summed E-state index contributed by atoms with van der Waals surface area (Å²) in [6, 6.07) is 10.7. The molecule has 1 fully saturated rings. The third kappa shape index (κ3) is 5.96. The average Bonchev–Trinajstić information content (AvgIpc) is 2.40. The van der Waals surface area contributed by atoms with Crippen LogP contribution in [0.4, 0.5) is 0 Å². The van der Waals surface area contributed by atoms with Gasteiger partial charge in [0.1, 0.15) is 0 Å². The van der Waals surface area contributed by atoms with Gasteiger partial charge in [0.15, 0.2) is 0 Å². The second kappa shape index (κ2) is 8.93. The van der Waals surface area contributed by atoms with Crippen LogP contribution in [0.3, 0.4) is 0 Å². The minimum atomic E-state index is 0.768. The number of rotatable bonds is 3. The van der Waals surface area contributed by atoms with Gasteiger partial charge in [0.05, 0.1) is 0 Å². The number of halogens is 2. The first kappa shape index (κ1) is 16.1. The van der Waals surface area contributed by atoms with E-state index >= 15 is 0 Å². The van der Waals surface area contributed by atoms with Crippen molar-refractivity contribution in [3.8, 4) is 0 Å². The van der Waals surface area contributed by atoms with Crippen LogP contribution in [0.1, 0.15) is 38.5 Å². The zero-order valence-corrected chi connectivity index (χ0v) is 16.2. The second-order valence-corrected chi connectivity index (χ2v) is 9.67.